The molecule has 1 heterocycles. The molecule has 6 nitrogen and oxygen atoms in total. The van der Waals surface area contributed by atoms with Crippen molar-refractivity contribution >= 4 is 6.09 Å². The summed E-state index contributed by atoms with van der Waals surface area (Å²) in [6, 6.07) is -0.811. The van der Waals surface area contributed by atoms with Gasteiger partial charge in [0.2, 0.25) is 0 Å². The van der Waals surface area contributed by atoms with Gasteiger partial charge in [0, 0.05) is 6.54 Å². The predicted molar refractivity (Wildman–Crippen MR) is 60.4 cm³/mol. The molecule has 1 fully saturated rings. The summed E-state index contributed by atoms with van der Waals surface area (Å²) in [5.41, 5.74) is -0.627. The molecule has 0 aliphatic carbocycles. The van der Waals surface area contributed by atoms with Crippen molar-refractivity contribution < 1.29 is 24.9 Å². The third-order valence-electron chi connectivity index (χ3n) is 2.67. The number of ether oxygens (including phenoxy) is 1. The summed E-state index contributed by atoms with van der Waals surface area (Å²) < 4.78 is 5.18. The molecule has 100 valence electrons. The number of piperidine rings is 1. The molecule has 1 rings (SSSR count). The molecule has 6 heteroatoms. The fourth-order valence-electron chi connectivity index (χ4n) is 1.80. The van der Waals surface area contributed by atoms with Gasteiger partial charge in [-0.25, -0.2) is 4.79 Å². The fraction of sp³-hybridized carbons (Fsp3) is 0.909. The van der Waals surface area contributed by atoms with Crippen molar-refractivity contribution in [1.29, 1.82) is 0 Å². The van der Waals surface area contributed by atoms with Crippen molar-refractivity contribution in [3.63, 3.8) is 0 Å². The lowest BCUT2D eigenvalue weighted by molar-refractivity contribution is -0.0906. The third-order valence-corrected chi connectivity index (χ3v) is 2.67. The Kier molecular flexibility index (Phi) is 4.35. The molecule has 0 aromatic rings. The molecular weight excluding hydrogens is 226 g/mol. The maximum absolute atomic E-state index is 11.8. The highest BCUT2D eigenvalue weighted by atomic mass is 16.6. The van der Waals surface area contributed by atoms with Crippen LogP contribution in [0.3, 0.4) is 0 Å². The van der Waals surface area contributed by atoms with Crippen molar-refractivity contribution in [1.82, 2.24) is 4.90 Å². The molecule has 0 unspecified atom stereocenters. The largest absolute Gasteiger partial charge is 0.444 e. The SMILES string of the molecule is CC(C)(C)OC(=O)N1CC[C@H](O)[C@H](O)[C@H]1CO. The number of amides is 1. The van der Waals surface area contributed by atoms with Crippen LogP contribution in [0.2, 0.25) is 0 Å². The first-order valence-corrected chi connectivity index (χ1v) is 5.73. The Hall–Kier alpha value is -0.850. The van der Waals surface area contributed by atoms with Crippen molar-refractivity contribution in [2.75, 3.05) is 13.2 Å². The molecule has 0 aromatic heterocycles. The number of rotatable bonds is 1. The van der Waals surface area contributed by atoms with Gasteiger partial charge in [-0.1, -0.05) is 0 Å². The van der Waals surface area contributed by atoms with Crippen LogP contribution in [0.15, 0.2) is 0 Å². The van der Waals surface area contributed by atoms with Crippen LogP contribution in [-0.4, -0.2) is 63.3 Å². The van der Waals surface area contributed by atoms with E-state index < -0.39 is 36.6 Å². The Bertz CT molecular complexity index is 276. The predicted octanol–water partition coefficient (Wildman–Crippen LogP) is -0.290. The van der Waals surface area contributed by atoms with Crippen LogP contribution < -0.4 is 0 Å². The molecule has 1 aliphatic rings. The molecule has 0 radical (unpaired) electrons. The van der Waals surface area contributed by atoms with Crippen LogP contribution in [0.1, 0.15) is 27.2 Å². The summed E-state index contributed by atoms with van der Waals surface area (Å²) in [5, 5.41) is 28.3. The quantitative estimate of drug-likeness (QED) is 0.592. The van der Waals surface area contributed by atoms with Crippen LogP contribution in [0.4, 0.5) is 4.79 Å². The lowest BCUT2D eigenvalue weighted by Crippen LogP contribution is -2.58. The Balaban J connectivity index is 2.72. The molecule has 17 heavy (non-hydrogen) atoms. The highest BCUT2D eigenvalue weighted by Crippen LogP contribution is 2.21. The van der Waals surface area contributed by atoms with Gasteiger partial charge in [-0.3, -0.25) is 0 Å². The van der Waals surface area contributed by atoms with E-state index >= 15 is 0 Å². The molecule has 0 saturated carbocycles. The van der Waals surface area contributed by atoms with Crippen LogP contribution in [0, 0.1) is 0 Å². The number of nitrogens with zero attached hydrogens (tertiary/aromatic N) is 1. The zero-order chi connectivity index (χ0) is 13.2. The van der Waals surface area contributed by atoms with Gasteiger partial charge in [0.1, 0.15) is 11.7 Å². The van der Waals surface area contributed by atoms with Gasteiger partial charge in [-0.15, -0.1) is 0 Å². The van der Waals surface area contributed by atoms with Crippen molar-refractivity contribution in [2.24, 2.45) is 0 Å². The zero-order valence-electron chi connectivity index (χ0n) is 10.5. The van der Waals surface area contributed by atoms with Gasteiger partial charge in [0.05, 0.1) is 18.8 Å². The van der Waals surface area contributed by atoms with Crippen LogP contribution in [0.5, 0.6) is 0 Å². The third kappa shape index (κ3) is 3.55. The van der Waals surface area contributed by atoms with E-state index in [2.05, 4.69) is 0 Å². The highest BCUT2D eigenvalue weighted by molar-refractivity contribution is 5.68. The monoisotopic (exact) mass is 247 g/mol. The number of hydrogen-bond donors (Lipinski definition) is 3. The minimum Gasteiger partial charge on any atom is -0.444 e. The average Bonchev–Trinajstić information content (AvgIpc) is 2.19. The van der Waals surface area contributed by atoms with Gasteiger partial charge in [0.15, 0.2) is 0 Å². The molecule has 0 spiro atoms. The highest BCUT2D eigenvalue weighted by Gasteiger charge is 2.39. The van der Waals surface area contributed by atoms with E-state index in [0.29, 0.717) is 0 Å². The lowest BCUT2D eigenvalue weighted by Gasteiger charge is -2.40. The number of carbonyl (C=O) groups is 1. The number of aliphatic hydroxyl groups is 3. The summed E-state index contributed by atoms with van der Waals surface area (Å²) in [5.74, 6) is 0. The van der Waals surface area contributed by atoms with E-state index in [1.165, 1.54) is 4.90 Å². The summed E-state index contributed by atoms with van der Waals surface area (Å²) in [6.07, 6.45) is -2.36. The molecule has 1 aliphatic heterocycles. The fourth-order valence-corrected chi connectivity index (χ4v) is 1.80. The molecule has 0 bridgehead atoms. The summed E-state index contributed by atoms with van der Waals surface area (Å²) in [7, 11) is 0. The minimum atomic E-state index is -1.14. The molecular formula is C11H21NO5. The molecule has 3 N–H and O–H groups in total. The lowest BCUT2D eigenvalue weighted by atomic mass is 9.97. The molecule has 3 atom stereocenters. The zero-order valence-corrected chi connectivity index (χ0v) is 10.5. The van der Waals surface area contributed by atoms with E-state index in [-0.39, 0.29) is 13.0 Å². The average molecular weight is 247 g/mol. The van der Waals surface area contributed by atoms with Crippen LogP contribution in [0.25, 0.3) is 0 Å². The van der Waals surface area contributed by atoms with E-state index in [0.717, 1.165) is 0 Å². The summed E-state index contributed by atoms with van der Waals surface area (Å²) in [4.78, 5) is 13.1. The van der Waals surface area contributed by atoms with E-state index in [1.54, 1.807) is 20.8 Å². The van der Waals surface area contributed by atoms with Gasteiger partial charge >= 0.3 is 6.09 Å². The summed E-state index contributed by atoms with van der Waals surface area (Å²) in [6.45, 7) is 5.09. The minimum absolute atomic E-state index is 0.262. The maximum Gasteiger partial charge on any atom is 0.410 e. The summed E-state index contributed by atoms with van der Waals surface area (Å²) >= 11 is 0. The second-order valence-corrected chi connectivity index (χ2v) is 5.27. The standard InChI is InChI=1S/C11H21NO5/c1-11(2,3)17-10(16)12-5-4-8(14)9(15)7(12)6-13/h7-9,13-15H,4-6H2,1-3H3/t7-,8+,9-/m1/s1. The topological polar surface area (TPSA) is 90.2 Å². The number of likely N-dealkylation sites (tertiary alicyclic amines) is 1. The molecule has 1 amide bonds. The Morgan fingerprint density at radius 2 is 2.00 bits per heavy atom. The van der Waals surface area contributed by atoms with E-state index in [4.69, 9.17) is 4.74 Å². The maximum atomic E-state index is 11.8. The van der Waals surface area contributed by atoms with Gasteiger partial charge in [-0.05, 0) is 27.2 Å². The molecule has 0 aromatic carbocycles. The second kappa shape index (κ2) is 5.20. The Labute approximate surface area is 101 Å². The smallest absolute Gasteiger partial charge is 0.410 e. The van der Waals surface area contributed by atoms with E-state index in [1.807, 2.05) is 0 Å². The van der Waals surface area contributed by atoms with Crippen LogP contribution >= 0.6 is 0 Å². The van der Waals surface area contributed by atoms with Gasteiger partial charge in [-0.2, -0.15) is 0 Å². The number of hydrogen-bond acceptors (Lipinski definition) is 5. The van der Waals surface area contributed by atoms with Crippen molar-refractivity contribution in [3.8, 4) is 0 Å². The van der Waals surface area contributed by atoms with E-state index in [9.17, 15) is 20.1 Å². The molecule has 1 saturated heterocycles. The first-order chi connectivity index (χ1) is 7.76. The normalized spacial score (nSPS) is 30.2. The van der Waals surface area contributed by atoms with Gasteiger partial charge < -0.3 is 25.0 Å². The number of carbonyl (C=O) groups excluding carboxylic acids is 1. The van der Waals surface area contributed by atoms with Crippen LogP contribution in [-0.2, 0) is 4.74 Å². The second-order valence-electron chi connectivity index (χ2n) is 5.27. The Morgan fingerprint density at radius 1 is 1.41 bits per heavy atom. The number of aliphatic hydroxyl groups excluding tert-OH is 3. The van der Waals surface area contributed by atoms with Gasteiger partial charge in [0.25, 0.3) is 0 Å². The first kappa shape index (κ1) is 14.2. The Morgan fingerprint density at radius 3 is 2.47 bits per heavy atom. The van der Waals surface area contributed by atoms with Crippen molar-refractivity contribution in [3.05, 3.63) is 0 Å². The first-order valence-electron chi connectivity index (χ1n) is 5.73. The van der Waals surface area contributed by atoms with Crippen molar-refractivity contribution in [2.45, 2.75) is 51.0 Å².